The van der Waals surface area contributed by atoms with Gasteiger partial charge in [0.25, 0.3) is 0 Å². The van der Waals surface area contributed by atoms with Crippen molar-refractivity contribution in [2.45, 2.75) is 13.0 Å². The van der Waals surface area contributed by atoms with E-state index in [4.69, 9.17) is 23.1 Å². The molecule has 1 aromatic rings. The molecule has 4 N–H and O–H groups in total. The zero-order valence-corrected chi connectivity index (χ0v) is 8.11. The van der Waals surface area contributed by atoms with E-state index >= 15 is 0 Å². The summed E-state index contributed by atoms with van der Waals surface area (Å²) in [6, 6.07) is 2.50. The van der Waals surface area contributed by atoms with Crippen LogP contribution in [0.3, 0.4) is 0 Å². The fourth-order valence-electron chi connectivity index (χ4n) is 1.07. The summed E-state index contributed by atoms with van der Waals surface area (Å²) >= 11 is 5.87. The van der Waals surface area contributed by atoms with Crippen LogP contribution < -0.4 is 11.5 Å². The molecule has 0 bridgehead atoms. The molecule has 0 aliphatic heterocycles. The Hall–Kier alpha value is -0.640. The number of nitrogens with two attached hydrogens (primary N) is 2. The van der Waals surface area contributed by atoms with Gasteiger partial charge in [0, 0.05) is 17.6 Å². The molecular weight excluding hydrogens is 191 g/mol. The monoisotopic (exact) mass is 202 g/mol. The lowest BCUT2D eigenvalue weighted by molar-refractivity contribution is 0.611. The molecule has 0 saturated heterocycles. The predicted molar refractivity (Wildman–Crippen MR) is 52.1 cm³/mol. The molecule has 4 heteroatoms. The Labute approximate surface area is 81.7 Å². The van der Waals surface area contributed by atoms with Crippen LogP contribution in [0, 0.1) is 12.7 Å². The number of aryl methyl sites for hydroxylation is 1. The number of halogens is 2. The number of hydrogen-bond acceptors (Lipinski definition) is 2. The van der Waals surface area contributed by atoms with Crippen LogP contribution in [0.1, 0.15) is 17.2 Å². The van der Waals surface area contributed by atoms with Crippen LogP contribution in [-0.4, -0.2) is 6.54 Å². The summed E-state index contributed by atoms with van der Waals surface area (Å²) < 4.78 is 13.1. The fraction of sp³-hybridized carbons (Fsp3) is 0.333. The molecule has 0 aliphatic rings. The summed E-state index contributed by atoms with van der Waals surface area (Å²) in [6.45, 7) is 1.90. The number of benzene rings is 1. The van der Waals surface area contributed by atoms with Crippen molar-refractivity contribution in [2.24, 2.45) is 11.5 Å². The van der Waals surface area contributed by atoms with Gasteiger partial charge in [-0.25, -0.2) is 4.39 Å². The average molecular weight is 203 g/mol. The lowest BCUT2D eigenvalue weighted by atomic mass is 10.1. The maximum atomic E-state index is 13.1. The van der Waals surface area contributed by atoms with Gasteiger partial charge in [0.1, 0.15) is 5.82 Å². The van der Waals surface area contributed by atoms with Gasteiger partial charge in [-0.1, -0.05) is 11.6 Å². The van der Waals surface area contributed by atoms with Gasteiger partial charge in [0.2, 0.25) is 0 Å². The zero-order valence-electron chi connectivity index (χ0n) is 7.35. The molecule has 1 atom stereocenters. The smallest absolute Gasteiger partial charge is 0.126 e. The molecule has 0 aromatic heterocycles. The van der Waals surface area contributed by atoms with Crippen LogP contribution in [0.25, 0.3) is 0 Å². The van der Waals surface area contributed by atoms with Crippen LogP contribution in [0.5, 0.6) is 0 Å². The molecule has 0 saturated carbocycles. The van der Waals surface area contributed by atoms with Crippen molar-refractivity contribution in [3.63, 3.8) is 0 Å². The lowest BCUT2D eigenvalue weighted by Gasteiger charge is -2.12. The minimum absolute atomic E-state index is 0.252. The van der Waals surface area contributed by atoms with Gasteiger partial charge in [0.15, 0.2) is 0 Å². The first-order valence-electron chi connectivity index (χ1n) is 3.97. The lowest BCUT2D eigenvalue weighted by Crippen LogP contribution is -2.21. The van der Waals surface area contributed by atoms with E-state index in [9.17, 15) is 4.39 Å². The summed E-state index contributed by atoms with van der Waals surface area (Å²) in [7, 11) is 0. The highest BCUT2D eigenvalue weighted by molar-refractivity contribution is 6.31. The summed E-state index contributed by atoms with van der Waals surface area (Å²) in [6.07, 6.45) is 0. The van der Waals surface area contributed by atoms with Gasteiger partial charge < -0.3 is 11.5 Å². The van der Waals surface area contributed by atoms with Crippen LogP contribution in [0.15, 0.2) is 12.1 Å². The zero-order chi connectivity index (χ0) is 10.0. The van der Waals surface area contributed by atoms with Crippen molar-refractivity contribution in [1.82, 2.24) is 0 Å². The van der Waals surface area contributed by atoms with Crippen LogP contribution >= 0.6 is 11.6 Å². The molecule has 0 amide bonds. The molecule has 2 nitrogen and oxygen atoms in total. The van der Waals surface area contributed by atoms with Crippen molar-refractivity contribution < 1.29 is 4.39 Å². The number of hydrogen-bond donors (Lipinski definition) is 2. The Balaban J connectivity index is 3.15. The minimum Gasteiger partial charge on any atom is -0.329 e. The van der Waals surface area contributed by atoms with Gasteiger partial charge in [-0.15, -0.1) is 0 Å². The first-order chi connectivity index (χ1) is 6.06. The molecule has 0 heterocycles. The Kier molecular flexibility index (Phi) is 3.25. The Bertz CT molecular complexity index is 315. The molecule has 1 unspecified atom stereocenters. The van der Waals surface area contributed by atoms with Gasteiger partial charge in [-0.2, -0.15) is 0 Å². The van der Waals surface area contributed by atoms with E-state index < -0.39 is 6.04 Å². The highest BCUT2D eigenvalue weighted by Crippen LogP contribution is 2.24. The van der Waals surface area contributed by atoms with Crippen LogP contribution in [0.4, 0.5) is 4.39 Å². The van der Waals surface area contributed by atoms with Crippen molar-refractivity contribution in [1.29, 1.82) is 0 Å². The molecular formula is C9H12ClFN2. The van der Waals surface area contributed by atoms with Crippen molar-refractivity contribution in [3.05, 3.63) is 34.1 Å². The second-order valence-electron chi connectivity index (χ2n) is 2.97. The van der Waals surface area contributed by atoms with E-state index in [2.05, 4.69) is 0 Å². The topological polar surface area (TPSA) is 52.0 Å². The van der Waals surface area contributed by atoms with E-state index in [1.54, 1.807) is 13.0 Å². The van der Waals surface area contributed by atoms with E-state index in [1.165, 1.54) is 6.07 Å². The molecule has 1 aromatic carbocycles. The van der Waals surface area contributed by atoms with Gasteiger partial charge in [-0.05, 0) is 30.2 Å². The maximum absolute atomic E-state index is 13.1. The fourth-order valence-corrected chi connectivity index (χ4v) is 1.43. The summed E-state index contributed by atoms with van der Waals surface area (Å²) in [5.41, 5.74) is 12.1. The van der Waals surface area contributed by atoms with Crippen LogP contribution in [0.2, 0.25) is 5.02 Å². The van der Waals surface area contributed by atoms with Crippen LogP contribution in [-0.2, 0) is 0 Å². The molecule has 72 valence electrons. The Morgan fingerprint density at radius 2 is 2.15 bits per heavy atom. The summed E-state index contributed by atoms with van der Waals surface area (Å²) in [4.78, 5) is 0. The van der Waals surface area contributed by atoms with Crippen molar-refractivity contribution in [3.8, 4) is 0 Å². The normalized spacial score (nSPS) is 13.0. The highest BCUT2D eigenvalue weighted by Gasteiger charge is 2.11. The third-order valence-electron chi connectivity index (χ3n) is 1.93. The molecule has 0 spiro atoms. The second kappa shape index (κ2) is 4.05. The molecule has 1 rings (SSSR count). The van der Waals surface area contributed by atoms with Gasteiger partial charge in [-0.3, -0.25) is 0 Å². The first-order valence-corrected chi connectivity index (χ1v) is 4.35. The third kappa shape index (κ3) is 2.18. The van der Waals surface area contributed by atoms with E-state index in [0.717, 1.165) is 0 Å². The molecule has 0 aliphatic carbocycles. The van der Waals surface area contributed by atoms with Crippen molar-refractivity contribution in [2.75, 3.05) is 6.54 Å². The first kappa shape index (κ1) is 10.4. The Morgan fingerprint density at radius 1 is 1.54 bits per heavy atom. The van der Waals surface area contributed by atoms with E-state index in [-0.39, 0.29) is 12.4 Å². The van der Waals surface area contributed by atoms with Crippen molar-refractivity contribution >= 4 is 11.6 Å². The molecule has 13 heavy (non-hydrogen) atoms. The second-order valence-corrected chi connectivity index (χ2v) is 3.37. The SMILES string of the molecule is Cc1cc(Cl)c(C(N)CN)cc1F. The highest BCUT2D eigenvalue weighted by atomic mass is 35.5. The van der Waals surface area contributed by atoms with E-state index in [0.29, 0.717) is 16.1 Å². The van der Waals surface area contributed by atoms with Gasteiger partial charge in [0.05, 0.1) is 0 Å². The number of rotatable bonds is 2. The molecule has 0 radical (unpaired) electrons. The Morgan fingerprint density at radius 3 is 2.69 bits per heavy atom. The quantitative estimate of drug-likeness (QED) is 0.768. The minimum atomic E-state index is -0.400. The average Bonchev–Trinajstić information content (AvgIpc) is 2.10. The summed E-state index contributed by atoms with van der Waals surface area (Å²) in [5, 5.41) is 0.469. The summed E-state index contributed by atoms with van der Waals surface area (Å²) in [5.74, 6) is -0.302. The molecule has 0 fully saturated rings. The maximum Gasteiger partial charge on any atom is 0.126 e. The van der Waals surface area contributed by atoms with E-state index in [1.807, 2.05) is 0 Å². The predicted octanol–water partition coefficient (Wildman–Crippen LogP) is 1.75. The standard InChI is InChI=1S/C9H12ClFN2/c1-5-2-7(10)6(3-8(5)11)9(13)4-12/h2-3,9H,4,12-13H2,1H3. The third-order valence-corrected chi connectivity index (χ3v) is 2.26. The largest absolute Gasteiger partial charge is 0.329 e. The van der Waals surface area contributed by atoms with Gasteiger partial charge >= 0.3 is 0 Å².